The second-order valence-electron chi connectivity index (χ2n) is 4.65. The zero-order valence-electron chi connectivity index (χ0n) is 12.0. The molecule has 1 N–H and O–H groups in total. The molecular weight excluding hydrogens is 315 g/mol. The Balaban J connectivity index is 2.89. The zero-order chi connectivity index (χ0) is 16.4. The maximum absolute atomic E-state index is 14.2. The maximum Gasteiger partial charge on any atom is 0.343 e. The summed E-state index contributed by atoms with van der Waals surface area (Å²) >= 11 is 5.62. The van der Waals surface area contributed by atoms with Gasteiger partial charge in [0.1, 0.15) is 5.56 Å². The molecule has 2 aromatic rings. The van der Waals surface area contributed by atoms with Crippen LogP contribution >= 0.6 is 11.6 Å². The van der Waals surface area contributed by atoms with Gasteiger partial charge in [0, 0.05) is 6.20 Å². The van der Waals surface area contributed by atoms with E-state index in [0.717, 1.165) is 0 Å². The minimum Gasteiger partial charge on any atom is -0.462 e. The Morgan fingerprint density at radius 1 is 1.59 bits per heavy atom. The molecule has 1 unspecified atom stereocenters. The van der Waals surface area contributed by atoms with Crippen LogP contribution in [0.4, 0.5) is 4.39 Å². The van der Waals surface area contributed by atoms with Gasteiger partial charge in [-0.3, -0.25) is 4.79 Å². The molecule has 2 rings (SSSR count). The molecule has 2 heterocycles. The number of esters is 1. The SMILES string of the molecule is CCOC(=O)c1cn(C(C)CO)c2cnc(Cl)c(F)c2c1=O. The van der Waals surface area contributed by atoms with Crippen LogP contribution in [0.3, 0.4) is 0 Å². The second-order valence-corrected chi connectivity index (χ2v) is 5.01. The third-order valence-electron chi connectivity index (χ3n) is 3.21. The van der Waals surface area contributed by atoms with Crippen molar-refractivity contribution in [2.24, 2.45) is 0 Å². The number of aliphatic hydroxyl groups is 1. The van der Waals surface area contributed by atoms with E-state index >= 15 is 0 Å². The summed E-state index contributed by atoms with van der Waals surface area (Å²) in [4.78, 5) is 27.9. The molecule has 1 atom stereocenters. The van der Waals surface area contributed by atoms with Crippen molar-refractivity contribution < 1.29 is 19.0 Å². The summed E-state index contributed by atoms with van der Waals surface area (Å²) in [6.07, 6.45) is 2.46. The summed E-state index contributed by atoms with van der Waals surface area (Å²) in [6, 6.07) is -0.501. The molecule has 6 nitrogen and oxygen atoms in total. The van der Waals surface area contributed by atoms with E-state index in [0.29, 0.717) is 0 Å². The lowest BCUT2D eigenvalue weighted by atomic mass is 10.1. The minimum absolute atomic E-state index is 0.0748. The van der Waals surface area contributed by atoms with Gasteiger partial charge >= 0.3 is 5.97 Å². The monoisotopic (exact) mass is 328 g/mol. The van der Waals surface area contributed by atoms with Gasteiger partial charge in [0.2, 0.25) is 5.43 Å². The number of pyridine rings is 2. The molecule has 0 spiro atoms. The molecule has 0 radical (unpaired) electrons. The van der Waals surface area contributed by atoms with E-state index in [1.54, 1.807) is 13.8 Å². The van der Waals surface area contributed by atoms with Crippen LogP contribution in [0.15, 0.2) is 17.2 Å². The van der Waals surface area contributed by atoms with E-state index < -0.39 is 28.4 Å². The minimum atomic E-state index is -1.01. The lowest BCUT2D eigenvalue weighted by Crippen LogP contribution is -2.24. The average Bonchev–Trinajstić information content (AvgIpc) is 2.50. The van der Waals surface area contributed by atoms with Crippen molar-refractivity contribution >= 4 is 28.5 Å². The summed E-state index contributed by atoms with van der Waals surface area (Å²) in [5, 5.41) is 8.50. The van der Waals surface area contributed by atoms with Gasteiger partial charge in [-0.05, 0) is 13.8 Å². The molecule has 0 aromatic carbocycles. The molecule has 22 heavy (non-hydrogen) atoms. The summed E-state index contributed by atoms with van der Waals surface area (Å²) < 4.78 is 20.4. The third kappa shape index (κ3) is 2.69. The molecule has 8 heteroatoms. The van der Waals surface area contributed by atoms with Crippen LogP contribution in [0.1, 0.15) is 30.2 Å². The number of rotatable bonds is 4. The zero-order valence-corrected chi connectivity index (χ0v) is 12.7. The van der Waals surface area contributed by atoms with Gasteiger partial charge in [0.15, 0.2) is 11.0 Å². The fourth-order valence-corrected chi connectivity index (χ4v) is 2.22. The summed E-state index contributed by atoms with van der Waals surface area (Å²) in [6.45, 7) is 3.04. The molecule has 0 amide bonds. The van der Waals surface area contributed by atoms with E-state index in [4.69, 9.17) is 16.3 Å². The Labute approximate surface area is 130 Å². The Morgan fingerprint density at radius 2 is 2.27 bits per heavy atom. The quantitative estimate of drug-likeness (QED) is 0.685. The van der Waals surface area contributed by atoms with Crippen LogP contribution < -0.4 is 5.43 Å². The van der Waals surface area contributed by atoms with Crippen LogP contribution in [0.2, 0.25) is 5.15 Å². The predicted molar refractivity (Wildman–Crippen MR) is 78.7 cm³/mol. The lowest BCUT2D eigenvalue weighted by Gasteiger charge is -2.18. The number of carbonyl (C=O) groups is 1. The first-order valence-corrected chi connectivity index (χ1v) is 6.97. The maximum atomic E-state index is 14.2. The number of fused-ring (bicyclic) bond motifs is 1. The smallest absolute Gasteiger partial charge is 0.343 e. The van der Waals surface area contributed by atoms with E-state index in [9.17, 15) is 19.1 Å². The molecule has 2 aromatic heterocycles. The van der Waals surface area contributed by atoms with E-state index in [-0.39, 0.29) is 29.7 Å². The Kier molecular flexibility index (Phi) is 4.77. The van der Waals surface area contributed by atoms with Gasteiger partial charge in [0.05, 0.1) is 36.4 Å². The van der Waals surface area contributed by atoms with Crippen molar-refractivity contribution in [3.63, 3.8) is 0 Å². The molecule has 0 saturated heterocycles. The van der Waals surface area contributed by atoms with Gasteiger partial charge < -0.3 is 14.4 Å². The molecule has 0 fully saturated rings. The largest absolute Gasteiger partial charge is 0.462 e. The van der Waals surface area contributed by atoms with Gasteiger partial charge in [-0.1, -0.05) is 11.6 Å². The van der Waals surface area contributed by atoms with Crippen molar-refractivity contribution in [2.75, 3.05) is 13.2 Å². The summed E-state index contributed by atoms with van der Waals surface area (Å²) in [5.74, 6) is -1.87. The Morgan fingerprint density at radius 3 is 2.86 bits per heavy atom. The van der Waals surface area contributed by atoms with Crippen LogP contribution in [0.5, 0.6) is 0 Å². The topological polar surface area (TPSA) is 81.4 Å². The number of aliphatic hydroxyl groups excluding tert-OH is 1. The van der Waals surface area contributed by atoms with Gasteiger partial charge in [-0.2, -0.15) is 0 Å². The number of ether oxygens (including phenoxy) is 1. The number of hydrogen-bond donors (Lipinski definition) is 1. The van der Waals surface area contributed by atoms with E-state index in [2.05, 4.69) is 4.98 Å². The second kappa shape index (κ2) is 6.41. The molecular formula is C14H14ClFN2O4. The average molecular weight is 329 g/mol. The number of nitrogens with zero attached hydrogens (tertiary/aromatic N) is 2. The van der Waals surface area contributed by atoms with Crippen LogP contribution in [0, 0.1) is 5.82 Å². The highest BCUT2D eigenvalue weighted by Crippen LogP contribution is 2.23. The van der Waals surface area contributed by atoms with Gasteiger partial charge in [-0.15, -0.1) is 0 Å². The number of aromatic nitrogens is 2. The summed E-state index contributed by atoms with van der Waals surface area (Å²) in [7, 11) is 0. The first-order valence-electron chi connectivity index (χ1n) is 6.59. The fourth-order valence-electron chi connectivity index (χ4n) is 2.08. The van der Waals surface area contributed by atoms with E-state index in [1.165, 1.54) is 17.0 Å². The van der Waals surface area contributed by atoms with Crippen LogP contribution in [0.25, 0.3) is 10.9 Å². The molecule has 0 saturated carbocycles. The van der Waals surface area contributed by atoms with Crippen molar-refractivity contribution in [2.45, 2.75) is 19.9 Å². The van der Waals surface area contributed by atoms with Crippen molar-refractivity contribution in [1.82, 2.24) is 9.55 Å². The van der Waals surface area contributed by atoms with Gasteiger partial charge in [-0.25, -0.2) is 14.2 Å². The Bertz CT molecular complexity index is 790. The number of halogens is 2. The molecule has 0 aliphatic rings. The number of hydrogen-bond acceptors (Lipinski definition) is 5. The highest BCUT2D eigenvalue weighted by Gasteiger charge is 2.22. The first-order chi connectivity index (χ1) is 10.4. The standard InChI is InChI=1S/C14H14ClFN2O4/c1-3-22-14(21)8-5-18(7(2)6-19)9-4-17-13(15)11(16)10(9)12(8)20/h4-5,7,19H,3,6H2,1-2H3. The fraction of sp³-hybridized carbons (Fsp3) is 0.357. The van der Waals surface area contributed by atoms with Gasteiger partial charge in [0.25, 0.3) is 0 Å². The molecule has 0 aliphatic heterocycles. The van der Waals surface area contributed by atoms with Crippen LogP contribution in [-0.2, 0) is 4.74 Å². The first kappa shape index (κ1) is 16.4. The van der Waals surface area contributed by atoms with Crippen molar-refractivity contribution in [1.29, 1.82) is 0 Å². The lowest BCUT2D eigenvalue weighted by molar-refractivity contribution is 0.0523. The van der Waals surface area contributed by atoms with Crippen LogP contribution in [-0.4, -0.2) is 33.8 Å². The number of carbonyl (C=O) groups excluding carboxylic acids is 1. The molecule has 118 valence electrons. The Hall–Kier alpha value is -1.99. The molecule has 0 bridgehead atoms. The molecule has 0 aliphatic carbocycles. The van der Waals surface area contributed by atoms with Crippen molar-refractivity contribution in [3.05, 3.63) is 39.2 Å². The van der Waals surface area contributed by atoms with E-state index in [1.807, 2.05) is 0 Å². The highest BCUT2D eigenvalue weighted by atomic mass is 35.5. The predicted octanol–water partition coefficient (Wildman–Crippen LogP) is 1.92. The summed E-state index contributed by atoms with van der Waals surface area (Å²) in [5.41, 5.74) is -1.01. The highest BCUT2D eigenvalue weighted by molar-refractivity contribution is 6.30. The normalized spacial score (nSPS) is 12.4. The third-order valence-corrected chi connectivity index (χ3v) is 3.47. The van der Waals surface area contributed by atoms with Crippen molar-refractivity contribution in [3.8, 4) is 0 Å².